The minimum Gasteiger partial charge on any atom is -0.315 e. The van der Waals surface area contributed by atoms with Crippen molar-refractivity contribution in [1.29, 1.82) is 0 Å². The molecule has 0 spiro atoms. The molecule has 0 fully saturated rings. The number of aromatic amines is 1. The summed E-state index contributed by atoms with van der Waals surface area (Å²) >= 11 is 0. The lowest BCUT2D eigenvalue weighted by Crippen LogP contribution is -2.33. The van der Waals surface area contributed by atoms with Gasteiger partial charge in [0.2, 0.25) is 5.91 Å². The lowest BCUT2D eigenvalue weighted by atomic mass is 10.1. The van der Waals surface area contributed by atoms with Crippen molar-refractivity contribution >= 4 is 33.1 Å². The van der Waals surface area contributed by atoms with Crippen LogP contribution in [0.3, 0.4) is 0 Å². The molecule has 0 bridgehead atoms. The van der Waals surface area contributed by atoms with Crippen LogP contribution in [-0.2, 0) is 11.3 Å². The SMILES string of the molecule is CN(C(=O)CCn1[nH]c(=O)c2ccccc2c1=O)c1ccc2ccccc2c1. The molecule has 6 heteroatoms. The first-order valence-corrected chi connectivity index (χ1v) is 9.02. The highest BCUT2D eigenvalue weighted by Crippen LogP contribution is 2.21. The normalized spacial score (nSPS) is 11.0. The number of amides is 1. The van der Waals surface area contributed by atoms with E-state index < -0.39 is 0 Å². The molecular weight excluding hydrogens is 354 g/mol. The van der Waals surface area contributed by atoms with Crippen molar-refractivity contribution in [2.45, 2.75) is 13.0 Å². The Hall–Kier alpha value is -3.67. The summed E-state index contributed by atoms with van der Waals surface area (Å²) in [5, 5.41) is 5.41. The first-order valence-electron chi connectivity index (χ1n) is 9.02. The summed E-state index contributed by atoms with van der Waals surface area (Å²) in [5.41, 5.74) is 0.130. The summed E-state index contributed by atoms with van der Waals surface area (Å²) in [7, 11) is 1.71. The van der Waals surface area contributed by atoms with Crippen LogP contribution in [0.5, 0.6) is 0 Å². The molecule has 1 amide bonds. The maximum Gasteiger partial charge on any atom is 0.273 e. The van der Waals surface area contributed by atoms with Gasteiger partial charge in [-0.1, -0.05) is 42.5 Å². The van der Waals surface area contributed by atoms with Gasteiger partial charge in [0.15, 0.2) is 0 Å². The minimum absolute atomic E-state index is 0.0948. The van der Waals surface area contributed by atoms with Crippen LogP contribution in [0.2, 0.25) is 0 Å². The van der Waals surface area contributed by atoms with Gasteiger partial charge in [-0.15, -0.1) is 0 Å². The monoisotopic (exact) mass is 373 g/mol. The number of nitrogens with one attached hydrogen (secondary N) is 1. The molecule has 0 unspecified atom stereocenters. The van der Waals surface area contributed by atoms with Crippen LogP contribution >= 0.6 is 0 Å². The van der Waals surface area contributed by atoms with Gasteiger partial charge < -0.3 is 4.90 Å². The standard InChI is InChI=1S/C22H19N3O3/c1-24(17-11-10-15-6-2-3-7-16(15)14-17)20(26)12-13-25-22(28)19-9-5-4-8-18(19)21(27)23-25/h2-11,14H,12-13H2,1H3,(H,23,27). The predicted octanol–water partition coefficient (Wildman–Crippen LogP) is 2.90. The molecule has 0 saturated carbocycles. The van der Waals surface area contributed by atoms with Crippen LogP contribution in [0.25, 0.3) is 21.5 Å². The second-order valence-corrected chi connectivity index (χ2v) is 6.68. The van der Waals surface area contributed by atoms with Gasteiger partial charge in [0.05, 0.1) is 17.3 Å². The molecule has 6 nitrogen and oxygen atoms in total. The number of aryl methyl sites for hydroxylation is 1. The number of aromatic nitrogens is 2. The van der Waals surface area contributed by atoms with Crippen LogP contribution in [0.4, 0.5) is 5.69 Å². The van der Waals surface area contributed by atoms with Gasteiger partial charge in [-0.25, -0.2) is 4.68 Å². The maximum absolute atomic E-state index is 12.6. The molecule has 0 aliphatic carbocycles. The van der Waals surface area contributed by atoms with Crippen molar-refractivity contribution in [1.82, 2.24) is 9.78 Å². The summed E-state index contributed by atoms with van der Waals surface area (Å²) in [6.45, 7) is 0.107. The van der Waals surface area contributed by atoms with Crippen LogP contribution in [0.15, 0.2) is 76.3 Å². The molecule has 140 valence electrons. The molecule has 0 aliphatic rings. The molecule has 4 rings (SSSR count). The Kier molecular flexibility index (Phi) is 4.53. The number of anilines is 1. The topological polar surface area (TPSA) is 75.2 Å². The van der Waals surface area contributed by atoms with Gasteiger partial charge in [-0.3, -0.25) is 19.5 Å². The molecule has 0 saturated heterocycles. The predicted molar refractivity (Wildman–Crippen MR) is 111 cm³/mol. The Bertz CT molecular complexity index is 1300. The highest BCUT2D eigenvalue weighted by Gasteiger charge is 2.13. The van der Waals surface area contributed by atoms with E-state index in [1.165, 1.54) is 4.68 Å². The fraction of sp³-hybridized carbons (Fsp3) is 0.136. The number of H-pyrrole nitrogens is 1. The van der Waals surface area contributed by atoms with Crippen molar-refractivity contribution in [3.8, 4) is 0 Å². The van der Waals surface area contributed by atoms with E-state index in [4.69, 9.17) is 0 Å². The molecule has 3 aromatic carbocycles. The van der Waals surface area contributed by atoms with Gasteiger partial charge in [0.25, 0.3) is 11.1 Å². The van der Waals surface area contributed by atoms with Crippen molar-refractivity contribution in [3.63, 3.8) is 0 Å². The van der Waals surface area contributed by atoms with Gasteiger partial charge in [0.1, 0.15) is 0 Å². The lowest BCUT2D eigenvalue weighted by Gasteiger charge is -2.18. The summed E-state index contributed by atoms with van der Waals surface area (Å²) in [4.78, 5) is 38.9. The Labute approximate surface area is 160 Å². The number of hydrogen-bond donors (Lipinski definition) is 1. The van der Waals surface area contributed by atoms with Crippen LogP contribution < -0.4 is 16.0 Å². The Morgan fingerprint density at radius 2 is 1.61 bits per heavy atom. The summed E-state index contributed by atoms with van der Waals surface area (Å²) in [5.74, 6) is -0.142. The number of benzene rings is 3. The molecule has 28 heavy (non-hydrogen) atoms. The minimum atomic E-state index is -0.342. The van der Waals surface area contributed by atoms with Crippen molar-refractivity contribution in [3.05, 3.63) is 87.4 Å². The first-order chi connectivity index (χ1) is 13.5. The smallest absolute Gasteiger partial charge is 0.273 e. The number of rotatable bonds is 4. The highest BCUT2D eigenvalue weighted by molar-refractivity contribution is 5.96. The second-order valence-electron chi connectivity index (χ2n) is 6.68. The van der Waals surface area contributed by atoms with E-state index in [1.807, 2.05) is 42.5 Å². The first kappa shape index (κ1) is 17.7. The van der Waals surface area contributed by atoms with E-state index in [0.29, 0.717) is 10.8 Å². The maximum atomic E-state index is 12.6. The fourth-order valence-corrected chi connectivity index (χ4v) is 3.31. The third-order valence-electron chi connectivity index (χ3n) is 4.93. The van der Waals surface area contributed by atoms with Gasteiger partial charge >= 0.3 is 0 Å². The van der Waals surface area contributed by atoms with Gasteiger partial charge in [0, 0.05) is 19.2 Å². The number of carbonyl (C=O) groups excluding carboxylic acids is 1. The number of hydrogen-bond acceptors (Lipinski definition) is 3. The molecule has 0 radical (unpaired) electrons. The number of carbonyl (C=O) groups is 1. The second kappa shape index (κ2) is 7.15. The number of fused-ring (bicyclic) bond motifs is 2. The lowest BCUT2D eigenvalue weighted by molar-refractivity contribution is -0.118. The Morgan fingerprint density at radius 3 is 2.39 bits per heavy atom. The molecule has 1 N–H and O–H groups in total. The zero-order chi connectivity index (χ0) is 19.7. The third kappa shape index (κ3) is 3.20. The quantitative estimate of drug-likeness (QED) is 0.598. The average Bonchev–Trinajstić information content (AvgIpc) is 2.74. The molecule has 0 atom stereocenters. The molecule has 1 heterocycles. The van der Waals surface area contributed by atoms with Crippen LogP contribution in [0.1, 0.15) is 6.42 Å². The Morgan fingerprint density at radius 1 is 0.929 bits per heavy atom. The summed E-state index contributed by atoms with van der Waals surface area (Å²) in [6, 6.07) is 20.4. The van der Waals surface area contributed by atoms with Crippen molar-refractivity contribution < 1.29 is 4.79 Å². The van der Waals surface area contributed by atoms with Crippen molar-refractivity contribution in [2.24, 2.45) is 0 Å². The molecule has 4 aromatic rings. The zero-order valence-corrected chi connectivity index (χ0v) is 15.4. The van der Waals surface area contributed by atoms with Crippen LogP contribution in [0, 0.1) is 0 Å². The van der Waals surface area contributed by atoms with Gasteiger partial charge in [-0.05, 0) is 35.0 Å². The highest BCUT2D eigenvalue weighted by atomic mass is 16.2. The largest absolute Gasteiger partial charge is 0.315 e. The fourth-order valence-electron chi connectivity index (χ4n) is 3.31. The Balaban J connectivity index is 1.55. The molecule has 1 aromatic heterocycles. The van der Waals surface area contributed by atoms with E-state index in [9.17, 15) is 14.4 Å². The van der Waals surface area contributed by atoms with E-state index in [-0.39, 0.29) is 30.0 Å². The summed E-state index contributed by atoms with van der Waals surface area (Å²) in [6.07, 6.45) is 0.0948. The van der Waals surface area contributed by atoms with E-state index in [2.05, 4.69) is 5.10 Å². The van der Waals surface area contributed by atoms with Crippen LogP contribution in [-0.4, -0.2) is 22.7 Å². The summed E-state index contributed by atoms with van der Waals surface area (Å²) < 4.78 is 1.21. The molecule has 0 aliphatic heterocycles. The number of nitrogens with zero attached hydrogens (tertiary/aromatic N) is 2. The molecular formula is C22H19N3O3. The van der Waals surface area contributed by atoms with Crippen molar-refractivity contribution in [2.75, 3.05) is 11.9 Å². The van der Waals surface area contributed by atoms with E-state index in [1.54, 1.807) is 36.2 Å². The van der Waals surface area contributed by atoms with Gasteiger partial charge in [-0.2, -0.15) is 0 Å². The average molecular weight is 373 g/mol. The van der Waals surface area contributed by atoms with E-state index in [0.717, 1.165) is 16.5 Å². The van der Waals surface area contributed by atoms with E-state index >= 15 is 0 Å². The third-order valence-corrected chi connectivity index (χ3v) is 4.93. The zero-order valence-electron chi connectivity index (χ0n) is 15.4.